The number of hydrogen-bond donors (Lipinski definition) is 0. The molecule has 0 radical (unpaired) electrons. The maximum atomic E-state index is 12.5. The van der Waals surface area contributed by atoms with Gasteiger partial charge in [0.1, 0.15) is 12.2 Å². The molecule has 1 aliphatic carbocycles. The molecule has 1 aromatic rings. The lowest BCUT2D eigenvalue weighted by Gasteiger charge is -2.27. The van der Waals surface area contributed by atoms with Crippen LogP contribution in [0.15, 0.2) is 12.4 Å². The van der Waals surface area contributed by atoms with Gasteiger partial charge in [0.05, 0.1) is 19.0 Å². The predicted molar refractivity (Wildman–Crippen MR) is 72.1 cm³/mol. The number of nitrogens with zero attached hydrogens (tertiary/aromatic N) is 3. The largest absolute Gasteiger partial charge is 0.468 e. The number of aromatic nitrogens is 2. The van der Waals surface area contributed by atoms with E-state index >= 15 is 0 Å². The summed E-state index contributed by atoms with van der Waals surface area (Å²) in [5.41, 5.74) is 1.02. The smallest absolute Gasteiger partial charge is 0.325 e. The molecule has 6 nitrogen and oxygen atoms in total. The number of ether oxygens (including phenoxy) is 1. The highest BCUT2D eigenvalue weighted by Crippen LogP contribution is 2.24. The van der Waals surface area contributed by atoms with Gasteiger partial charge in [0, 0.05) is 12.2 Å². The zero-order valence-electron chi connectivity index (χ0n) is 11.8. The molecule has 0 N–H and O–H groups in total. The molecule has 0 bridgehead atoms. The van der Waals surface area contributed by atoms with Gasteiger partial charge in [-0.2, -0.15) is 0 Å². The summed E-state index contributed by atoms with van der Waals surface area (Å²) in [6.07, 6.45) is 7.00. The minimum Gasteiger partial charge on any atom is -0.468 e. The van der Waals surface area contributed by atoms with Gasteiger partial charge in [0.25, 0.3) is 5.91 Å². The Bertz CT molecular complexity index is 481. The minimum atomic E-state index is -0.412. The maximum Gasteiger partial charge on any atom is 0.325 e. The molecule has 0 saturated heterocycles. The van der Waals surface area contributed by atoms with Crippen molar-refractivity contribution < 1.29 is 14.3 Å². The fourth-order valence-corrected chi connectivity index (χ4v) is 2.44. The van der Waals surface area contributed by atoms with E-state index in [1.54, 1.807) is 11.1 Å². The summed E-state index contributed by atoms with van der Waals surface area (Å²) in [5.74, 6) is -0.667. The molecule has 1 fully saturated rings. The van der Waals surface area contributed by atoms with Crippen LogP contribution in [0, 0.1) is 6.92 Å². The molecule has 0 aromatic carbocycles. The van der Waals surface area contributed by atoms with Crippen LogP contribution in [0.5, 0.6) is 0 Å². The zero-order chi connectivity index (χ0) is 14.5. The van der Waals surface area contributed by atoms with Gasteiger partial charge in [-0.15, -0.1) is 0 Å². The van der Waals surface area contributed by atoms with E-state index in [9.17, 15) is 9.59 Å². The Balaban J connectivity index is 2.18. The number of methoxy groups -OCH3 is 1. The van der Waals surface area contributed by atoms with Crippen molar-refractivity contribution in [2.45, 2.75) is 38.6 Å². The standard InChI is InChI=1S/C14H19N3O3/c1-10-7-16-12(8-15-10)14(19)17(9-13(18)20-2)11-5-3-4-6-11/h7-8,11H,3-6,9H2,1-2H3. The summed E-state index contributed by atoms with van der Waals surface area (Å²) in [6, 6.07) is 0.0877. The van der Waals surface area contributed by atoms with Crippen molar-refractivity contribution >= 4 is 11.9 Å². The first-order valence-electron chi connectivity index (χ1n) is 6.78. The van der Waals surface area contributed by atoms with Crippen LogP contribution in [-0.4, -0.2) is 46.4 Å². The van der Waals surface area contributed by atoms with Crippen LogP contribution in [0.25, 0.3) is 0 Å². The van der Waals surface area contributed by atoms with Gasteiger partial charge in [-0.1, -0.05) is 12.8 Å². The van der Waals surface area contributed by atoms with Gasteiger partial charge in [-0.05, 0) is 19.8 Å². The van der Waals surface area contributed by atoms with Gasteiger partial charge in [0.2, 0.25) is 0 Å². The van der Waals surface area contributed by atoms with E-state index in [4.69, 9.17) is 0 Å². The third-order valence-electron chi connectivity index (χ3n) is 3.55. The van der Waals surface area contributed by atoms with Crippen molar-refractivity contribution in [2.75, 3.05) is 13.7 Å². The normalized spacial score (nSPS) is 15.1. The number of carbonyl (C=O) groups is 2. The molecule has 1 aromatic heterocycles. The van der Waals surface area contributed by atoms with E-state index in [1.165, 1.54) is 13.3 Å². The van der Waals surface area contributed by atoms with Crippen LogP contribution in [0.4, 0.5) is 0 Å². The second-order valence-electron chi connectivity index (χ2n) is 4.99. The van der Waals surface area contributed by atoms with Crippen molar-refractivity contribution in [2.24, 2.45) is 0 Å². The van der Waals surface area contributed by atoms with E-state index in [0.29, 0.717) is 0 Å². The van der Waals surface area contributed by atoms with Crippen LogP contribution < -0.4 is 0 Å². The molecule has 0 aliphatic heterocycles. The Morgan fingerprint density at radius 1 is 1.30 bits per heavy atom. The number of carbonyl (C=O) groups excluding carboxylic acids is 2. The maximum absolute atomic E-state index is 12.5. The van der Waals surface area contributed by atoms with Crippen molar-refractivity contribution in [3.05, 3.63) is 23.8 Å². The third-order valence-corrected chi connectivity index (χ3v) is 3.55. The zero-order valence-corrected chi connectivity index (χ0v) is 11.8. The summed E-state index contributed by atoms with van der Waals surface area (Å²) >= 11 is 0. The van der Waals surface area contributed by atoms with Crippen LogP contribution >= 0.6 is 0 Å². The average molecular weight is 277 g/mol. The summed E-state index contributed by atoms with van der Waals surface area (Å²) in [6.45, 7) is 1.78. The molecule has 6 heteroatoms. The summed E-state index contributed by atoms with van der Waals surface area (Å²) < 4.78 is 4.68. The summed E-state index contributed by atoms with van der Waals surface area (Å²) in [7, 11) is 1.32. The highest BCUT2D eigenvalue weighted by molar-refractivity contribution is 5.94. The van der Waals surface area contributed by atoms with E-state index < -0.39 is 5.97 Å². The van der Waals surface area contributed by atoms with E-state index in [1.807, 2.05) is 6.92 Å². The van der Waals surface area contributed by atoms with E-state index in [0.717, 1.165) is 31.4 Å². The molecule has 0 unspecified atom stereocenters. The molecular weight excluding hydrogens is 258 g/mol. The van der Waals surface area contributed by atoms with Crippen molar-refractivity contribution in [1.29, 1.82) is 0 Å². The Morgan fingerprint density at radius 3 is 2.55 bits per heavy atom. The SMILES string of the molecule is COC(=O)CN(C(=O)c1cnc(C)cn1)C1CCCC1. The molecule has 1 aliphatic rings. The fraction of sp³-hybridized carbons (Fsp3) is 0.571. The number of aryl methyl sites for hydroxylation is 1. The van der Waals surface area contributed by atoms with Gasteiger partial charge in [-0.3, -0.25) is 14.6 Å². The second kappa shape index (κ2) is 6.45. The molecule has 108 valence electrons. The predicted octanol–water partition coefficient (Wildman–Crippen LogP) is 1.34. The first-order chi connectivity index (χ1) is 9.61. The molecule has 0 spiro atoms. The molecular formula is C14H19N3O3. The lowest BCUT2D eigenvalue weighted by atomic mass is 10.2. The minimum absolute atomic E-state index is 0.0322. The Labute approximate surface area is 118 Å². The summed E-state index contributed by atoms with van der Waals surface area (Å²) in [5, 5.41) is 0. The number of hydrogen-bond acceptors (Lipinski definition) is 5. The highest BCUT2D eigenvalue weighted by Gasteiger charge is 2.30. The molecule has 1 heterocycles. The molecule has 20 heavy (non-hydrogen) atoms. The highest BCUT2D eigenvalue weighted by atomic mass is 16.5. The quantitative estimate of drug-likeness (QED) is 0.777. The van der Waals surface area contributed by atoms with Gasteiger partial charge in [-0.25, -0.2) is 4.98 Å². The first kappa shape index (κ1) is 14.4. The second-order valence-corrected chi connectivity index (χ2v) is 4.99. The lowest BCUT2D eigenvalue weighted by Crippen LogP contribution is -2.43. The number of rotatable bonds is 4. The lowest BCUT2D eigenvalue weighted by molar-refractivity contribution is -0.141. The number of amides is 1. The van der Waals surface area contributed by atoms with Crippen LogP contribution in [0.1, 0.15) is 41.9 Å². The Morgan fingerprint density at radius 2 is 2.00 bits per heavy atom. The molecule has 0 atom stereocenters. The Kier molecular flexibility index (Phi) is 4.65. The van der Waals surface area contributed by atoms with E-state index in [-0.39, 0.29) is 24.2 Å². The van der Waals surface area contributed by atoms with Gasteiger partial charge < -0.3 is 9.64 Å². The van der Waals surface area contributed by atoms with Gasteiger partial charge >= 0.3 is 5.97 Å². The van der Waals surface area contributed by atoms with Crippen LogP contribution in [0.3, 0.4) is 0 Å². The molecule has 2 rings (SSSR count). The van der Waals surface area contributed by atoms with Crippen molar-refractivity contribution in [1.82, 2.24) is 14.9 Å². The summed E-state index contributed by atoms with van der Waals surface area (Å²) in [4.78, 5) is 33.8. The average Bonchev–Trinajstić information content (AvgIpc) is 2.98. The van der Waals surface area contributed by atoms with E-state index in [2.05, 4.69) is 14.7 Å². The molecule has 1 amide bonds. The van der Waals surface area contributed by atoms with Gasteiger partial charge in [0.15, 0.2) is 0 Å². The fourth-order valence-electron chi connectivity index (χ4n) is 2.44. The van der Waals surface area contributed by atoms with Crippen molar-refractivity contribution in [3.8, 4) is 0 Å². The topological polar surface area (TPSA) is 72.4 Å². The van der Waals surface area contributed by atoms with Crippen LogP contribution in [0.2, 0.25) is 0 Å². The third kappa shape index (κ3) is 3.31. The number of esters is 1. The Hall–Kier alpha value is -1.98. The van der Waals surface area contributed by atoms with Crippen molar-refractivity contribution in [3.63, 3.8) is 0 Å². The first-order valence-corrected chi connectivity index (χ1v) is 6.78. The van der Waals surface area contributed by atoms with Crippen LogP contribution in [-0.2, 0) is 9.53 Å². The monoisotopic (exact) mass is 277 g/mol. The molecule has 1 saturated carbocycles.